The highest BCUT2D eigenvalue weighted by Crippen LogP contribution is 2.20. The van der Waals surface area contributed by atoms with E-state index >= 15 is 0 Å². The fourth-order valence-corrected chi connectivity index (χ4v) is 1.85. The van der Waals surface area contributed by atoms with Gasteiger partial charge in [-0.1, -0.05) is 0 Å². The van der Waals surface area contributed by atoms with Crippen molar-refractivity contribution in [3.63, 3.8) is 0 Å². The first-order valence-corrected chi connectivity index (χ1v) is 6.88. The summed E-state index contributed by atoms with van der Waals surface area (Å²) in [6.07, 6.45) is 0.289. The van der Waals surface area contributed by atoms with Crippen LogP contribution in [0.3, 0.4) is 0 Å². The lowest BCUT2D eigenvalue weighted by Gasteiger charge is -2.22. The molecule has 1 atom stereocenters. The molecule has 0 fully saturated rings. The van der Waals surface area contributed by atoms with Crippen molar-refractivity contribution in [2.24, 2.45) is 0 Å². The zero-order valence-corrected chi connectivity index (χ0v) is 12.5. The molecule has 1 aromatic heterocycles. The van der Waals surface area contributed by atoms with Gasteiger partial charge in [0.1, 0.15) is 17.9 Å². The van der Waals surface area contributed by atoms with Crippen molar-refractivity contribution < 1.29 is 23.8 Å². The Balaban J connectivity index is 1.94. The number of hydrogen-bond donors (Lipinski definition) is 1. The SMILES string of the molecule is CC(=O)OC[C@](C)(O)CCOc1ccc2ccc(=O)oc2c1. The Morgan fingerprint density at radius 2 is 2.05 bits per heavy atom. The predicted molar refractivity (Wildman–Crippen MR) is 79.9 cm³/mol. The first-order valence-electron chi connectivity index (χ1n) is 6.88. The van der Waals surface area contributed by atoms with E-state index in [2.05, 4.69) is 0 Å². The van der Waals surface area contributed by atoms with Crippen molar-refractivity contribution >= 4 is 16.9 Å². The Labute approximate surface area is 127 Å². The molecule has 6 nitrogen and oxygen atoms in total. The average Bonchev–Trinajstić information content (AvgIpc) is 2.45. The molecule has 2 rings (SSSR count). The third kappa shape index (κ3) is 4.60. The van der Waals surface area contributed by atoms with Crippen LogP contribution in [-0.2, 0) is 9.53 Å². The smallest absolute Gasteiger partial charge is 0.336 e. The molecule has 0 saturated carbocycles. The van der Waals surface area contributed by atoms with Crippen molar-refractivity contribution in [1.29, 1.82) is 0 Å². The van der Waals surface area contributed by atoms with Gasteiger partial charge in [0, 0.05) is 30.9 Å². The number of hydrogen-bond acceptors (Lipinski definition) is 6. The van der Waals surface area contributed by atoms with Crippen LogP contribution in [0.15, 0.2) is 39.5 Å². The maximum Gasteiger partial charge on any atom is 0.336 e. The second-order valence-electron chi connectivity index (χ2n) is 5.33. The summed E-state index contributed by atoms with van der Waals surface area (Å²) >= 11 is 0. The molecule has 2 aromatic rings. The standard InChI is InChI=1S/C16H18O6/c1-11(17)21-10-16(2,19)7-8-20-13-5-3-12-4-6-15(18)22-14(12)9-13/h3-6,9,19H,7-8,10H2,1-2H3/t16-/m1/s1. The maximum absolute atomic E-state index is 11.2. The predicted octanol–water partition coefficient (Wildman–Crippen LogP) is 1.88. The highest BCUT2D eigenvalue weighted by molar-refractivity contribution is 5.77. The molecule has 0 radical (unpaired) electrons. The van der Waals surface area contributed by atoms with Crippen LogP contribution >= 0.6 is 0 Å². The summed E-state index contributed by atoms with van der Waals surface area (Å²) in [6.45, 7) is 3.00. The first kappa shape index (κ1) is 16.0. The van der Waals surface area contributed by atoms with E-state index in [0.29, 0.717) is 11.3 Å². The number of fused-ring (bicyclic) bond motifs is 1. The summed E-state index contributed by atoms with van der Waals surface area (Å²) in [6, 6.07) is 8.19. The van der Waals surface area contributed by atoms with Gasteiger partial charge in [-0.05, 0) is 25.1 Å². The monoisotopic (exact) mass is 306 g/mol. The molecular weight excluding hydrogens is 288 g/mol. The summed E-state index contributed by atoms with van der Waals surface area (Å²) < 4.78 is 15.4. The number of rotatable bonds is 6. The lowest BCUT2D eigenvalue weighted by Crippen LogP contribution is -2.33. The molecule has 0 aliphatic carbocycles. The summed E-state index contributed by atoms with van der Waals surface area (Å²) in [4.78, 5) is 21.9. The number of carbonyl (C=O) groups is 1. The molecule has 1 aromatic carbocycles. The molecule has 1 N–H and O–H groups in total. The molecule has 0 spiro atoms. The molecule has 22 heavy (non-hydrogen) atoms. The third-order valence-electron chi connectivity index (χ3n) is 3.09. The zero-order valence-electron chi connectivity index (χ0n) is 12.5. The van der Waals surface area contributed by atoms with Crippen molar-refractivity contribution in [2.75, 3.05) is 13.2 Å². The molecule has 0 aliphatic heterocycles. The summed E-state index contributed by atoms with van der Waals surface area (Å²) in [5, 5.41) is 10.8. The Kier molecular flexibility index (Phi) is 4.82. The lowest BCUT2D eigenvalue weighted by atomic mass is 10.1. The Hall–Kier alpha value is -2.34. The van der Waals surface area contributed by atoms with Gasteiger partial charge in [-0.25, -0.2) is 4.79 Å². The fraction of sp³-hybridized carbons (Fsp3) is 0.375. The highest BCUT2D eigenvalue weighted by atomic mass is 16.5. The van der Waals surface area contributed by atoms with E-state index in [1.807, 2.05) is 0 Å². The van der Waals surface area contributed by atoms with Gasteiger partial charge < -0.3 is 19.0 Å². The van der Waals surface area contributed by atoms with E-state index in [0.717, 1.165) is 5.39 Å². The van der Waals surface area contributed by atoms with Gasteiger partial charge in [0.2, 0.25) is 0 Å². The van der Waals surface area contributed by atoms with Gasteiger partial charge in [0.05, 0.1) is 12.2 Å². The van der Waals surface area contributed by atoms with E-state index in [1.54, 1.807) is 31.2 Å². The second-order valence-corrected chi connectivity index (χ2v) is 5.33. The summed E-state index contributed by atoms with van der Waals surface area (Å²) in [5.74, 6) is 0.0934. The van der Waals surface area contributed by atoms with Crippen LogP contribution in [-0.4, -0.2) is 29.9 Å². The Morgan fingerprint density at radius 3 is 2.77 bits per heavy atom. The molecule has 0 aliphatic rings. The van der Waals surface area contributed by atoms with Crippen molar-refractivity contribution in [1.82, 2.24) is 0 Å². The van der Waals surface area contributed by atoms with E-state index in [4.69, 9.17) is 13.9 Å². The summed E-state index contributed by atoms with van der Waals surface area (Å²) in [5.41, 5.74) is -1.14. The lowest BCUT2D eigenvalue weighted by molar-refractivity contribution is -0.148. The fourth-order valence-electron chi connectivity index (χ4n) is 1.85. The largest absolute Gasteiger partial charge is 0.493 e. The minimum atomic E-state index is -1.16. The van der Waals surface area contributed by atoms with E-state index in [1.165, 1.54) is 13.0 Å². The third-order valence-corrected chi connectivity index (χ3v) is 3.09. The topological polar surface area (TPSA) is 86.0 Å². The van der Waals surface area contributed by atoms with Gasteiger partial charge in [0.25, 0.3) is 0 Å². The van der Waals surface area contributed by atoms with Crippen LogP contribution in [0.1, 0.15) is 20.3 Å². The average molecular weight is 306 g/mol. The minimum Gasteiger partial charge on any atom is -0.493 e. The first-order chi connectivity index (χ1) is 10.4. The minimum absolute atomic E-state index is 0.0850. The number of ether oxygens (including phenoxy) is 2. The maximum atomic E-state index is 11.2. The van der Waals surface area contributed by atoms with E-state index < -0.39 is 17.2 Å². The second kappa shape index (κ2) is 6.62. The van der Waals surface area contributed by atoms with Crippen LogP contribution in [0, 0.1) is 0 Å². The highest BCUT2D eigenvalue weighted by Gasteiger charge is 2.22. The zero-order chi connectivity index (χ0) is 16.2. The van der Waals surface area contributed by atoms with Crippen LogP contribution in [0.2, 0.25) is 0 Å². The molecule has 6 heteroatoms. The summed E-state index contributed by atoms with van der Waals surface area (Å²) in [7, 11) is 0. The van der Waals surface area contributed by atoms with Gasteiger partial charge in [0.15, 0.2) is 0 Å². The number of aliphatic hydroxyl groups is 1. The van der Waals surface area contributed by atoms with E-state index in [-0.39, 0.29) is 19.6 Å². The molecule has 118 valence electrons. The molecule has 0 amide bonds. The van der Waals surface area contributed by atoms with Crippen LogP contribution in [0.25, 0.3) is 11.0 Å². The Bertz CT molecular complexity index is 716. The number of esters is 1. The molecule has 0 bridgehead atoms. The van der Waals surface area contributed by atoms with Crippen molar-refractivity contribution in [3.8, 4) is 5.75 Å². The molecular formula is C16H18O6. The van der Waals surface area contributed by atoms with Gasteiger partial charge in [-0.3, -0.25) is 4.79 Å². The van der Waals surface area contributed by atoms with Crippen molar-refractivity contribution in [3.05, 3.63) is 40.8 Å². The number of benzene rings is 1. The molecule has 0 saturated heterocycles. The van der Waals surface area contributed by atoms with Crippen LogP contribution in [0.4, 0.5) is 0 Å². The number of carbonyl (C=O) groups excluding carboxylic acids is 1. The van der Waals surface area contributed by atoms with Crippen LogP contribution in [0.5, 0.6) is 5.75 Å². The van der Waals surface area contributed by atoms with Gasteiger partial charge in [-0.15, -0.1) is 0 Å². The van der Waals surface area contributed by atoms with Gasteiger partial charge in [-0.2, -0.15) is 0 Å². The van der Waals surface area contributed by atoms with Crippen molar-refractivity contribution in [2.45, 2.75) is 25.9 Å². The van der Waals surface area contributed by atoms with Gasteiger partial charge >= 0.3 is 11.6 Å². The molecule has 0 unspecified atom stereocenters. The van der Waals surface area contributed by atoms with Crippen LogP contribution < -0.4 is 10.4 Å². The van der Waals surface area contributed by atoms with E-state index in [9.17, 15) is 14.7 Å². The Morgan fingerprint density at radius 1 is 1.32 bits per heavy atom. The normalized spacial score (nSPS) is 13.6. The quantitative estimate of drug-likeness (QED) is 0.648. The molecule has 1 heterocycles.